The van der Waals surface area contributed by atoms with Gasteiger partial charge in [-0.3, -0.25) is 9.69 Å². The number of carboxylic acids is 1. The van der Waals surface area contributed by atoms with Crippen LogP contribution in [-0.4, -0.2) is 28.1 Å². The van der Waals surface area contributed by atoms with Crippen molar-refractivity contribution in [2.45, 2.75) is 45.8 Å². The molecule has 0 heterocycles. The van der Waals surface area contributed by atoms with Gasteiger partial charge in [-0.1, -0.05) is 30.3 Å². The molecule has 1 atom stereocenters. The van der Waals surface area contributed by atoms with Crippen molar-refractivity contribution in [3.05, 3.63) is 35.9 Å². The standard InChI is InChI=1S/C14H21NO2/c1-10(2)15(11(3)4)13(14(16)17)12-8-6-5-7-9-12/h5-11,13H,1-4H3,(H,16,17)/t13-/m0/s1. The normalized spacial score (nSPS) is 13.4. The number of aliphatic carboxylic acids is 1. The molecule has 0 aliphatic heterocycles. The fourth-order valence-electron chi connectivity index (χ4n) is 2.27. The zero-order valence-corrected chi connectivity index (χ0v) is 10.9. The minimum absolute atomic E-state index is 0.191. The predicted octanol–water partition coefficient (Wildman–Crippen LogP) is 2.93. The number of carbonyl (C=O) groups is 1. The molecule has 17 heavy (non-hydrogen) atoms. The highest BCUT2D eigenvalue weighted by Gasteiger charge is 2.30. The minimum atomic E-state index is -0.793. The average Bonchev–Trinajstić information content (AvgIpc) is 2.25. The van der Waals surface area contributed by atoms with E-state index in [4.69, 9.17) is 0 Å². The van der Waals surface area contributed by atoms with Crippen LogP contribution >= 0.6 is 0 Å². The van der Waals surface area contributed by atoms with Crippen molar-refractivity contribution in [1.29, 1.82) is 0 Å². The first-order valence-corrected chi connectivity index (χ1v) is 6.00. The highest BCUT2D eigenvalue weighted by molar-refractivity contribution is 5.75. The highest BCUT2D eigenvalue weighted by Crippen LogP contribution is 2.25. The first-order chi connectivity index (χ1) is 7.95. The zero-order chi connectivity index (χ0) is 13.0. The van der Waals surface area contributed by atoms with Crippen molar-refractivity contribution in [2.24, 2.45) is 0 Å². The molecule has 0 aromatic heterocycles. The van der Waals surface area contributed by atoms with Gasteiger partial charge < -0.3 is 5.11 Å². The molecular formula is C14H21NO2. The summed E-state index contributed by atoms with van der Waals surface area (Å²) in [5.41, 5.74) is 0.836. The molecule has 0 unspecified atom stereocenters. The fourth-order valence-corrected chi connectivity index (χ4v) is 2.27. The molecule has 0 fully saturated rings. The Morgan fingerprint density at radius 2 is 1.53 bits per heavy atom. The van der Waals surface area contributed by atoms with Gasteiger partial charge in [0.25, 0.3) is 0 Å². The van der Waals surface area contributed by atoms with Gasteiger partial charge in [0.15, 0.2) is 0 Å². The molecule has 0 aliphatic rings. The van der Waals surface area contributed by atoms with E-state index in [-0.39, 0.29) is 12.1 Å². The number of hydrogen-bond donors (Lipinski definition) is 1. The molecule has 0 amide bonds. The van der Waals surface area contributed by atoms with Gasteiger partial charge in [-0.25, -0.2) is 0 Å². The van der Waals surface area contributed by atoms with E-state index >= 15 is 0 Å². The molecule has 0 bridgehead atoms. The van der Waals surface area contributed by atoms with Crippen LogP contribution in [0.5, 0.6) is 0 Å². The van der Waals surface area contributed by atoms with Crippen LogP contribution in [0.25, 0.3) is 0 Å². The largest absolute Gasteiger partial charge is 0.480 e. The van der Waals surface area contributed by atoms with Crippen molar-refractivity contribution in [1.82, 2.24) is 4.90 Å². The molecule has 0 aliphatic carbocycles. The predicted molar refractivity (Wildman–Crippen MR) is 68.9 cm³/mol. The summed E-state index contributed by atoms with van der Waals surface area (Å²) < 4.78 is 0. The number of benzene rings is 1. The Bertz CT molecular complexity index is 352. The lowest BCUT2D eigenvalue weighted by Gasteiger charge is -2.36. The summed E-state index contributed by atoms with van der Waals surface area (Å²) in [6.45, 7) is 8.11. The molecule has 3 heteroatoms. The van der Waals surface area contributed by atoms with E-state index in [9.17, 15) is 9.90 Å². The first kappa shape index (κ1) is 13.7. The monoisotopic (exact) mass is 235 g/mol. The quantitative estimate of drug-likeness (QED) is 0.853. The van der Waals surface area contributed by atoms with Crippen LogP contribution in [0.3, 0.4) is 0 Å². The summed E-state index contributed by atoms with van der Waals surface area (Å²) in [6, 6.07) is 9.21. The number of nitrogens with zero attached hydrogens (tertiary/aromatic N) is 1. The average molecular weight is 235 g/mol. The molecular weight excluding hydrogens is 214 g/mol. The van der Waals surface area contributed by atoms with Gasteiger partial charge in [0, 0.05) is 12.1 Å². The maximum atomic E-state index is 11.5. The molecule has 3 nitrogen and oxygen atoms in total. The van der Waals surface area contributed by atoms with Crippen molar-refractivity contribution in [3.8, 4) is 0 Å². The zero-order valence-electron chi connectivity index (χ0n) is 10.9. The Morgan fingerprint density at radius 3 is 1.88 bits per heavy atom. The SMILES string of the molecule is CC(C)N(C(C)C)[C@H](C(=O)O)c1ccccc1. The van der Waals surface area contributed by atoms with E-state index in [1.54, 1.807) is 0 Å². The second-order valence-electron chi connectivity index (χ2n) is 4.79. The van der Waals surface area contributed by atoms with Gasteiger partial charge in [0.1, 0.15) is 6.04 Å². The van der Waals surface area contributed by atoms with E-state index in [2.05, 4.69) is 0 Å². The summed E-state index contributed by atoms with van der Waals surface area (Å²) in [5, 5.41) is 9.45. The molecule has 1 aromatic carbocycles. The van der Waals surface area contributed by atoms with Gasteiger partial charge in [0.05, 0.1) is 0 Å². The van der Waals surface area contributed by atoms with Crippen LogP contribution in [0.2, 0.25) is 0 Å². The number of carboxylic acid groups (broad SMARTS) is 1. The molecule has 1 rings (SSSR count). The van der Waals surface area contributed by atoms with Gasteiger partial charge in [-0.2, -0.15) is 0 Å². The lowest BCUT2D eigenvalue weighted by molar-refractivity contribution is -0.145. The topological polar surface area (TPSA) is 40.5 Å². The minimum Gasteiger partial charge on any atom is -0.480 e. The van der Waals surface area contributed by atoms with Crippen LogP contribution in [0.4, 0.5) is 0 Å². The lowest BCUT2D eigenvalue weighted by Crippen LogP contribution is -2.43. The van der Waals surface area contributed by atoms with Gasteiger partial charge in [-0.05, 0) is 33.3 Å². The third-order valence-electron chi connectivity index (χ3n) is 2.84. The fraction of sp³-hybridized carbons (Fsp3) is 0.500. The van der Waals surface area contributed by atoms with E-state index in [1.165, 1.54) is 0 Å². The van der Waals surface area contributed by atoms with Crippen LogP contribution < -0.4 is 0 Å². The van der Waals surface area contributed by atoms with Gasteiger partial charge in [0.2, 0.25) is 0 Å². The van der Waals surface area contributed by atoms with E-state index < -0.39 is 12.0 Å². The van der Waals surface area contributed by atoms with Crippen molar-refractivity contribution >= 4 is 5.97 Å². The smallest absolute Gasteiger partial charge is 0.325 e. The number of hydrogen-bond acceptors (Lipinski definition) is 2. The third-order valence-corrected chi connectivity index (χ3v) is 2.84. The van der Waals surface area contributed by atoms with Gasteiger partial charge in [-0.15, -0.1) is 0 Å². The van der Waals surface area contributed by atoms with Crippen LogP contribution in [0.1, 0.15) is 39.3 Å². The van der Waals surface area contributed by atoms with Crippen LogP contribution in [0, 0.1) is 0 Å². The van der Waals surface area contributed by atoms with Crippen LogP contribution in [0.15, 0.2) is 30.3 Å². The summed E-state index contributed by atoms with van der Waals surface area (Å²) in [4.78, 5) is 13.5. The van der Waals surface area contributed by atoms with Crippen molar-refractivity contribution < 1.29 is 9.90 Å². The number of rotatable bonds is 5. The Morgan fingerprint density at radius 1 is 1.06 bits per heavy atom. The summed E-state index contributed by atoms with van der Waals surface area (Å²) >= 11 is 0. The van der Waals surface area contributed by atoms with E-state index in [0.717, 1.165) is 5.56 Å². The highest BCUT2D eigenvalue weighted by atomic mass is 16.4. The first-order valence-electron chi connectivity index (χ1n) is 6.00. The Labute approximate surface area is 103 Å². The summed E-state index contributed by atoms with van der Waals surface area (Å²) in [7, 11) is 0. The Balaban J connectivity index is 3.12. The maximum absolute atomic E-state index is 11.5. The molecule has 94 valence electrons. The molecule has 0 saturated carbocycles. The Hall–Kier alpha value is -1.35. The van der Waals surface area contributed by atoms with E-state index in [0.29, 0.717) is 0 Å². The molecule has 1 aromatic rings. The summed E-state index contributed by atoms with van der Waals surface area (Å²) in [6.07, 6.45) is 0. The maximum Gasteiger partial charge on any atom is 0.325 e. The second-order valence-corrected chi connectivity index (χ2v) is 4.79. The molecule has 0 spiro atoms. The molecule has 0 radical (unpaired) electrons. The van der Waals surface area contributed by atoms with E-state index in [1.807, 2.05) is 62.9 Å². The van der Waals surface area contributed by atoms with Gasteiger partial charge >= 0.3 is 5.97 Å². The molecule has 1 N–H and O–H groups in total. The Kier molecular flexibility index (Phi) is 4.70. The van der Waals surface area contributed by atoms with Crippen LogP contribution in [-0.2, 0) is 4.79 Å². The molecule has 0 saturated heterocycles. The summed E-state index contributed by atoms with van der Waals surface area (Å²) in [5.74, 6) is -0.793. The lowest BCUT2D eigenvalue weighted by atomic mass is 10.0. The second kappa shape index (κ2) is 5.82. The van der Waals surface area contributed by atoms with Crippen molar-refractivity contribution in [3.63, 3.8) is 0 Å². The van der Waals surface area contributed by atoms with Crippen molar-refractivity contribution in [2.75, 3.05) is 0 Å². The third kappa shape index (κ3) is 3.30.